The molecular formula is C10H13N3OS. The van der Waals surface area contributed by atoms with E-state index in [-0.39, 0.29) is 5.11 Å². The molecule has 0 heterocycles. The summed E-state index contributed by atoms with van der Waals surface area (Å²) in [6.07, 6.45) is 0. The van der Waals surface area contributed by atoms with E-state index < -0.39 is 0 Å². The third-order valence-corrected chi connectivity index (χ3v) is 1.66. The Kier molecular flexibility index (Phi) is 4.56. The molecule has 0 spiro atoms. The van der Waals surface area contributed by atoms with Gasteiger partial charge in [-0.05, 0) is 31.3 Å². The quantitative estimate of drug-likeness (QED) is 0.350. The van der Waals surface area contributed by atoms with Crippen molar-refractivity contribution >= 4 is 23.2 Å². The molecule has 0 saturated carbocycles. The topological polar surface area (TPSA) is 59.6 Å². The Morgan fingerprint density at radius 1 is 1.47 bits per heavy atom. The molecule has 0 radical (unpaired) electrons. The summed E-state index contributed by atoms with van der Waals surface area (Å²) in [5.41, 5.74) is 8.65. The Morgan fingerprint density at radius 3 is 2.67 bits per heavy atom. The lowest BCUT2D eigenvalue weighted by Crippen LogP contribution is -2.26. The van der Waals surface area contributed by atoms with Gasteiger partial charge in [-0.1, -0.05) is 18.2 Å². The van der Waals surface area contributed by atoms with Gasteiger partial charge in [0.2, 0.25) is 5.90 Å². The maximum Gasteiger partial charge on any atom is 0.238 e. The van der Waals surface area contributed by atoms with Crippen LogP contribution in [-0.4, -0.2) is 17.6 Å². The minimum absolute atomic E-state index is 0.114. The first kappa shape index (κ1) is 11.5. The average molecular weight is 223 g/mol. The first-order valence-electron chi connectivity index (χ1n) is 4.55. The van der Waals surface area contributed by atoms with E-state index in [0.29, 0.717) is 12.5 Å². The van der Waals surface area contributed by atoms with E-state index in [1.807, 2.05) is 37.3 Å². The van der Waals surface area contributed by atoms with Crippen molar-refractivity contribution in [3.63, 3.8) is 0 Å². The summed E-state index contributed by atoms with van der Waals surface area (Å²) >= 11 is 4.65. The summed E-state index contributed by atoms with van der Waals surface area (Å²) in [5, 5.41) is 4.08. The van der Waals surface area contributed by atoms with E-state index >= 15 is 0 Å². The Hall–Kier alpha value is -1.62. The van der Waals surface area contributed by atoms with Crippen molar-refractivity contribution in [3.05, 3.63) is 35.9 Å². The van der Waals surface area contributed by atoms with Crippen molar-refractivity contribution in [2.75, 3.05) is 6.61 Å². The maximum absolute atomic E-state index is 5.35. The highest BCUT2D eigenvalue weighted by Gasteiger charge is 2.02. The van der Waals surface area contributed by atoms with E-state index in [2.05, 4.69) is 22.7 Å². The number of ether oxygens (including phenoxy) is 1. The lowest BCUT2D eigenvalue weighted by atomic mass is 10.2. The molecule has 15 heavy (non-hydrogen) atoms. The molecule has 0 unspecified atom stereocenters. The molecule has 0 aromatic heterocycles. The molecule has 80 valence electrons. The zero-order valence-corrected chi connectivity index (χ0v) is 9.25. The number of nitrogens with two attached hydrogens (primary N) is 1. The Bertz CT molecular complexity index is 351. The third-order valence-electron chi connectivity index (χ3n) is 1.57. The average Bonchev–Trinajstić information content (AvgIpc) is 2.25. The Morgan fingerprint density at radius 2 is 2.13 bits per heavy atom. The van der Waals surface area contributed by atoms with Crippen molar-refractivity contribution in [2.24, 2.45) is 10.8 Å². The van der Waals surface area contributed by atoms with Crippen LogP contribution in [0.15, 0.2) is 35.4 Å². The van der Waals surface area contributed by atoms with Crippen LogP contribution in [0.1, 0.15) is 12.5 Å². The molecule has 0 atom stereocenters. The largest absolute Gasteiger partial charge is 0.477 e. The first-order chi connectivity index (χ1) is 7.24. The smallest absolute Gasteiger partial charge is 0.238 e. The highest BCUT2D eigenvalue weighted by molar-refractivity contribution is 7.80. The van der Waals surface area contributed by atoms with Crippen LogP contribution in [0, 0.1) is 0 Å². The maximum atomic E-state index is 5.35. The fraction of sp³-hybridized carbons (Fsp3) is 0.200. The second-order valence-electron chi connectivity index (χ2n) is 2.69. The first-order valence-corrected chi connectivity index (χ1v) is 4.96. The van der Waals surface area contributed by atoms with Crippen LogP contribution in [0.3, 0.4) is 0 Å². The predicted octanol–water partition coefficient (Wildman–Crippen LogP) is 1.22. The second-order valence-corrected chi connectivity index (χ2v) is 3.13. The third kappa shape index (κ3) is 3.95. The second kappa shape index (κ2) is 5.98. The van der Waals surface area contributed by atoms with Gasteiger partial charge in [0.25, 0.3) is 0 Å². The van der Waals surface area contributed by atoms with Crippen LogP contribution >= 0.6 is 12.2 Å². The number of hydrogen-bond donors (Lipinski definition) is 2. The van der Waals surface area contributed by atoms with E-state index in [4.69, 9.17) is 10.5 Å². The highest BCUT2D eigenvalue weighted by Crippen LogP contribution is 2.01. The SMILES string of the molecule is CCO/C(=N/NC(N)=S)c1ccccc1. The number of nitrogens with zero attached hydrogens (tertiary/aromatic N) is 1. The fourth-order valence-corrected chi connectivity index (χ4v) is 1.05. The monoisotopic (exact) mass is 223 g/mol. The zero-order valence-electron chi connectivity index (χ0n) is 8.43. The van der Waals surface area contributed by atoms with Gasteiger partial charge in [-0.2, -0.15) is 0 Å². The standard InChI is InChI=1S/C10H13N3OS/c1-2-14-9(12-13-10(11)15)8-6-4-3-5-7-8/h3-7H,2H2,1H3,(H3,11,13,15)/b12-9+. The highest BCUT2D eigenvalue weighted by atomic mass is 32.1. The number of thiocarbonyl (C=S) groups is 1. The van der Waals surface area contributed by atoms with Crippen molar-refractivity contribution in [3.8, 4) is 0 Å². The van der Waals surface area contributed by atoms with E-state index in [1.165, 1.54) is 0 Å². The summed E-state index contributed by atoms with van der Waals surface area (Å²) in [7, 11) is 0. The molecule has 1 aromatic rings. The number of hydrogen-bond acceptors (Lipinski definition) is 3. The van der Waals surface area contributed by atoms with Gasteiger partial charge in [0.15, 0.2) is 5.11 Å². The summed E-state index contributed by atoms with van der Waals surface area (Å²) in [5.74, 6) is 0.478. The van der Waals surface area contributed by atoms with Crippen molar-refractivity contribution in [2.45, 2.75) is 6.92 Å². The normalized spacial score (nSPS) is 10.9. The molecule has 0 bridgehead atoms. The Balaban J connectivity index is 2.83. The molecule has 0 aliphatic heterocycles. The van der Waals surface area contributed by atoms with Gasteiger partial charge in [0.1, 0.15) is 0 Å². The molecule has 1 rings (SSSR count). The van der Waals surface area contributed by atoms with Gasteiger partial charge in [0.05, 0.1) is 6.61 Å². The molecule has 0 aliphatic carbocycles. The van der Waals surface area contributed by atoms with Crippen LogP contribution in [0.2, 0.25) is 0 Å². The van der Waals surface area contributed by atoms with Gasteiger partial charge in [-0.3, -0.25) is 5.43 Å². The Labute approximate surface area is 94.1 Å². The van der Waals surface area contributed by atoms with Gasteiger partial charge in [-0.15, -0.1) is 5.10 Å². The molecule has 0 saturated heterocycles. The van der Waals surface area contributed by atoms with E-state index in [0.717, 1.165) is 5.56 Å². The number of rotatable bonds is 3. The molecule has 1 aromatic carbocycles. The minimum Gasteiger partial charge on any atom is -0.477 e. The van der Waals surface area contributed by atoms with Crippen LogP contribution < -0.4 is 11.2 Å². The number of hydrazone groups is 1. The molecule has 0 amide bonds. The van der Waals surface area contributed by atoms with Gasteiger partial charge in [-0.25, -0.2) is 0 Å². The molecule has 4 nitrogen and oxygen atoms in total. The summed E-state index contributed by atoms with van der Waals surface area (Å²) < 4.78 is 5.35. The van der Waals surface area contributed by atoms with Crippen molar-refractivity contribution in [1.82, 2.24) is 5.43 Å². The van der Waals surface area contributed by atoms with E-state index in [9.17, 15) is 0 Å². The van der Waals surface area contributed by atoms with Gasteiger partial charge < -0.3 is 10.5 Å². The van der Waals surface area contributed by atoms with Crippen LogP contribution in [0.5, 0.6) is 0 Å². The summed E-state index contributed by atoms with van der Waals surface area (Å²) in [6, 6.07) is 9.54. The van der Waals surface area contributed by atoms with Crippen LogP contribution in [0.25, 0.3) is 0 Å². The predicted molar refractivity (Wildman–Crippen MR) is 64.5 cm³/mol. The van der Waals surface area contributed by atoms with Crippen LogP contribution in [-0.2, 0) is 4.74 Å². The summed E-state index contributed by atoms with van der Waals surface area (Å²) in [4.78, 5) is 0. The number of benzene rings is 1. The van der Waals surface area contributed by atoms with E-state index in [1.54, 1.807) is 0 Å². The van der Waals surface area contributed by atoms with Gasteiger partial charge >= 0.3 is 0 Å². The molecule has 0 fully saturated rings. The zero-order chi connectivity index (χ0) is 11.1. The van der Waals surface area contributed by atoms with Crippen molar-refractivity contribution in [1.29, 1.82) is 0 Å². The lowest BCUT2D eigenvalue weighted by molar-refractivity contribution is 0.326. The minimum atomic E-state index is 0.114. The number of nitrogens with one attached hydrogen (secondary N) is 1. The molecule has 0 aliphatic rings. The summed E-state index contributed by atoms with van der Waals surface area (Å²) in [6.45, 7) is 2.42. The van der Waals surface area contributed by atoms with Crippen molar-refractivity contribution < 1.29 is 4.74 Å². The molecule has 3 N–H and O–H groups in total. The van der Waals surface area contributed by atoms with Gasteiger partial charge in [0, 0.05) is 5.56 Å². The fourth-order valence-electron chi connectivity index (χ4n) is 1.00. The van der Waals surface area contributed by atoms with Crippen LogP contribution in [0.4, 0.5) is 0 Å². The lowest BCUT2D eigenvalue weighted by Gasteiger charge is -2.07. The molecular weight excluding hydrogens is 210 g/mol. The molecule has 5 heteroatoms.